The molecule has 0 fully saturated rings. The molecule has 7 heteroatoms. The summed E-state index contributed by atoms with van der Waals surface area (Å²) in [6.07, 6.45) is 1.39. The van der Waals surface area contributed by atoms with E-state index < -0.39 is 0 Å². The van der Waals surface area contributed by atoms with Crippen LogP contribution in [0.5, 0.6) is 0 Å². The minimum absolute atomic E-state index is 0.0800. The molecule has 0 aromatic carbocycles. The van der Waals surface area contributed by atoms with Crippen LogP contribution in [0.4, 0.5) is 0 Å². The second kappa shape index (κ2) is 10.7. The minimum atomic E-state index is -0.381. The van der Waals surface area contributed by atoms with Crippen molar-refractivity contribution in [3.63, 3.8) is 0 Å². The number of hydrogen-bond donors (Lipinski definition) is 1. The Morgan fingerprint density at radius 3 is 2.18 bits per heavy atom. The van der Waals surface area contributed by atoms with Gasteiger partial charge in [0.2, 0.25) is 0 Å². The van der Waals surface area contributed by atoms with Gasteiger partial charge in [0, 0.05) is 0 Å². The van der Waals surface area contributed by atoms with Crippen molar-refractivity contribution in [2.24, 2.45) is 0 Å². The number of nitrogens with zero attached hydrogens (tertiary/aromatic N) is 1. The standard InChI is InChI=1S/C10H19INO5/c1-3-4-9(13)16-7-12(15)8-17-10(14)5-6-11-2/h15H,3-8H2,1-2H3/q-1. The topological polar surface area (TPSA) is 76.1 Å². The fraction of sp³-hybridized carbons (Fsp3) is 0.800. The fourth-order valence-corrected chi connectivity index (χ4v) is 1.83. The second-order valence-corrected chi connectivity index (χ2v) is 5.86. The third-order valence-corrected chi connectivity index (χ3v) is 3.31. The zero-order chi connectivity index (χ0) is 13.1. The van der Waals surface area contributed by atoms with Crippen molar-refractivity contribution in [1.82, 2.24) is 5.06 Å². The molecule has 0 bridgehead atoms. The third kappa shape index (κ3) is 10.5. The van der Waals surface area contributed by atoms with Gasteiger partial charge in [-0.1, -0.05) is 0 Å². The van der Waals surface area contributed by atoms with E-state index in [1.54, 1.807) is 0 Å². The average molecular weight is 360 g/mol. The molecule has 1 N–H and O–H groups in total. The monoisotopic (exact) mass is 360 g/mol. The van der Waals surface area contributed by atoms with Gasteiger partial charge >= 0.3 is 111 Å². The van der Waals surface area contributed by atoms with Crippen LogP contribution in [-0.4, -0.2) is 45.0 Å². The number of carbonyl (C=O) groups excluding carboxylic acids is 2. The van der Waals surface area contributed by atoms with Crippen LogP contribution in [0.2, 0.25) is 0 Å². The van der Waals surface area contributed by atoms with Crippen LogP contribution in [0.15, 0.2) is 0 Å². The van der Waals surface area contributed by atoms with Crippen molar-refractivity contribution < 1.29 is 45.5 Å². The summed E-state index contributed by atoms with van der Waals surface area (Å²) in [4.78, 5) is 24.1. The SMILES string of the molecule is CCCC(=O)OCN(O)COC(=O)CC[I-]C. The van der Waals surface area contributed by atoms with Crippen molar-refractivity contribution in [3.8, 4) is 0 Å². The maximum absolute atomic E-state index is 11.1. The molecule has 0 aromatic rings. The number of halogens is 1. The first-order valence-electron chi connectivity index (χ1n) is 5.29. The molecular weight excluding hydrogens is 341 g/mol. The molecule has 0 saturated carbocycles. The molecule has 0 rings (SSSR count). The van der Waals surface area contributed by atoms with Crippen LogP contribution in [0, 0.1) is 0 Å². The molecule has 0 radical (unpaired) electrons. The second-order valence-electron chi connectivity index (χ2n) is 3.25. The predicted octanol–water partition coefficient (Wildman–Crippen LogP) is -2.41. The summed E-state index contributed by atoms with van der Waals surface area (Å²) in [5.41, 5.74) is 0. The van der Waals surface area contributed by atoms with Crippen LogP contribution < -0.4 is 21.2 Å². The Morgan fingerprint density at radius 1 is 1.18 bits per heavy atom. The van der Waals surface area contributed by atoms with Crippen molar-refractivity contribution in [2.75, 3.05) is 22.8 Å². The first-order chi connectivity index (χ1) is 8.10. The molecule has 6 nitrogen and oxygen atoms in total. The van der Waals surface area contributed by atoms with Gasteiger partial charge in [0.1, 0.15) is 0 Å². The Kier molecular flexibility index (Phi) is 10.5. The Hall–Kier alpha value is -0.410. The number of ether oxygens (including phenoxy) is 2. The summed E-state index contributed by atoms with van der Waals surface area (Å²) in [6.45, 7) is 1.29. The van der Waals surface area contributed by atoms with E-state index in [0.29, 0.717) is 24.3 Å². The summed E-state index contributed by atoms with van der Waals surface area (Å²) in [5.74, 6) is -0.723. The fourth-order valence-electron chi connectivity index (χ4n) is 0.850. The van der Waals surface area contributed by atoms with E-state index in [-0.39, 0.29) is 46.6 Å². The molecule has 0 atom stereocenters. The van der Waals surface area contributed by atoms with Crippen LogP contribution in [0.3, 0.4) is 0 Å². The van der Waals surface area contributed by atoms with Crippen molar-refractivity contribution in [1.29, 1.82) is 0 Å². The van der Waals surface area contributed by atoms with Crippen LogP contribution >= 0.6 is 0 Å². The number of rotatable bonds is 9. The van der Waals surface area contributed by atoms with E-state index in [1.165, 1.54) is 0 Å². The summed E-state index contributed by atoms with van der Waals surface area (Å²) in [7, 11) is 0. The van der Waals surface area contributed by atoms with Crippen molar-refractivity contribution in [3.05, 3.63) is 0 Å². The van der Waals surface area contributed by atoms with E-state index in [0.717, 1.165) is 4.43 Å². The third-order valence-electron chi connectivity index (χ3n) is 1.69. The van der Waals surface area contributed by atoms with Gasteiger partial charge in [0.25, 0.3) is 0 Å². The Morgan fingerprint density at radius 2 is 1.71 bits per heavy atom. The van der Waals surface area contributed by atoms with E-state index in [4.69, 9.17) is 9.47 Å². The first kappa shape index (κ1) is 16.6. The van der Waals surface area contributed by atoms with E-state index in [2.05, 4.69) is 4.93 Å². The normalized spacial score (nSPS) is 10.6. The number of hydrogen-bond acceptors (Lipinski definition) is 6. The molecule has 0 spiro atoms. The molecule has 0 aliphatic carbocycles. The summed E-state index contributed by atoms with van der Waals surface area (Å²) in [6, 6.07) is 0. The van der Waals surface area contributed by atoms with Gasteiger partial charge in [-0.3, -0.25) is 0 Å². The molecule has 0 amide bonds. The van der Waals surface area contributed by atoms with Crippen LogP contribution in [-0.2, 0) is 19.1 Å². The quantitative estimate of drug-likeness (QED) is 0.162. The molecule has 0 heterocycles. The molecule has 0 aliphatic rings. The Bertz CT molecular complexity index is 237. The van der Waals surface area contributed by atoms with E-state index in [9.17, 15) is 14.8 Å². The maximum atomic E-state index is 11.1. The average Bonchev–Trinajstić information content (AvgIpc) is 2.31. The molecule has 0 aliphatic heterocycles. The summed E-state index contributed by atoms with van der Waals surface area (Å²) < 4.78 is 10.3. The van der Waals surface area contributed by atoms with Gasteiger partial charge in [-0.15, -0.1) is 0 Å². The molecule has 0 aromatic heterocycles. The molecule has 0 saturated heterocycles. The number of carbonyl (C=O) groups is 2. The molecule has 102 valence electrons. The molecular formula is C10H19INO5-. The first-order valence-corrected chi connectivity index (χ1v) is 8.97. The van der Waals surface area contributed by atoms with Crippen molar-refractivity contribution >= 4 is 11.9 Å². The zero-order valence-electron chi connectivity index (χ0n) is 10.1. The van der Waals surface area contributed by atoms with Gasteiger partial charge in [-0.05, 0) is 0 Å². The Labute approximate surface area is 111 Å². The number of alkyl halides is 2. The summed E-state index contributed by atoms with van der Waals surface area (Å²) >= 11 is 0.0800. The predicted molar refractivity (Wildman–Crippen MR) is 55.9 cm³/mol. The van der Waals surface area contributed by atoms with Crippen molar-refractivity contribution in [2.45, 2.75) is 26.2 Å². The number of hydroxylamine groups is 2. The van der Waals surface area contributed by atoms with Crippen LogP contribution in [0.25, 0.3) is 0 Å². The van der Waals surface area contributed by atoms with Gasteiger partial charge < -0.3 is 0 Å². The van der Waals surface area contributed by atoms with Crippen LogP contribution in [0.1, 0.15) is 26.2 Å². The van der Waals surface area contributed by atoms with Gasteiger partial charge in [-0.2, -0.15) is 0 Å². The molecule has 17 heavy (non-hydrogen) atoms. The summed E-state index contributed by atoms with van der Waals surface area (Å²) in [5, 5.41) is 9.87. The Balaban J connectivity index is 3.55. The number of esters is 2. The van der Waals surface area contributed by atoms with E-state index in [1.807, 2.05) is 6.92 Å². The zero-order valence-corrected chi connectivity index (χ0v) is 12.3. The van der Waals surface area contributed by atoms with Gasteiger partial charge in [0.05, 0.1) is 0 Å². The molecule has 0 unspecified atom stereocenters. The van der Waals surface area contributed by atoms with E-state index >= 15 is 0 Å². The van der Waals surface area contributed by atoms with Gasteiger partial charge in [0.15, 0.2) is 0 Å². The van der Waals surface area contributed by atoms with Gasteiger partial charge in [-0.25, -0.2) is 0 Å².